The number of ether oxygens (including phenoxy) is 1. The van der Waals surface area contributed by atoms with E-state index in [1.807, 2.05) is 0 Å². The minimum absolute atomic E-state index is 0.660. The predicted octanol–water partition coefficient (Wildman–Crippen LogP) is 2.47. The lowest BCUT2D eigenvalue weighted by Gasteiger charge is -2.23. The molecule has 2 nitrogen and oxygen atoms in total. The smallest absolute Gasteiger partial charge is 0.119 e. The Labute approximate surface area is 91.6 Å². The van der Waals surface area contributed by atoms with Gasteiger partial charge in [0, 0.05) is 6.54 Å². The number of benzene rings is 1. The first kappa shape index (κ1) is 10.5. The SMILES string of the molecule is COc1cc(C)cc(C2CCCNC2)c1. The van der Waals surface area contributed by atoms with E-state index in [-0.39, 0.29) is 0 Å². The normalized spacial score (nSPS) is 21.3. The first-order valence-electron chi connectivity index (χ1n) is 5.66. The molecule has 82 valence electrons. The molecule has 2 rings (SSSR count). The van der Waals surface area contributed by atoms with Crippen LogP contribution in [0.4, 0.5) is 0 Å². The molecule has 1 N–H and O–H groups in total. The van der Waals surface area contributed by atoms with Gasteiger partial charge in [-0.3, -0.25) is 0 Å². The molecule has 0 aliphatic carbocycles. The average molecular weight is 205 g/mol. The zero-order valence-corrected chi connectivity index (χ0v) is 9.55. The van der Waals surface area contributed by atoms with E-state index >= 15 is 0 Å². The molecule has 0 saturated carbocycles. The number of nitrogens with one attached hydrogen (secondary N) is 1. The van der Waals surface area contributed by atoms with Crippen LogP contribution < -0.4 is 10.1 Å². The van der Waals surface area contributed by atoms with E-state index in [2.05, 4.69) is 30.4 Å². The van der Waals surface area contributed by atoms with Crippen LogP contribution in [0, 0.1) is 6.92 Å². The van der Waals surface area contributed by atoms with Crippen molar-refractivity contribution in [3.05, 3.63) is 29.3 Å². The summed E-state index contributed by atoms with van der Waals surface area (Å²) in [6.07, 6.45) is 2.57. The summed E-state index contributed by atoms with van der Waals surface area (Å²) in [5, 5.41) is 3.45. The van der Waals surface area contributed by atoms with Crippen molar-refractivity contribution in [2.45, 2.75) is 25.7 Å². The van der Waals surface area contributed by atoms with Crippen molar-refractivity contribution < 1.29 is 4.74 Å². The summed E-state index contributed by atoms with van der Waals surface area (Å²) in [6.45, 7) is 4.40. The largest absolute Gasteiger partial charge is 0.497 e. The predicted molar refractivity (Wildman–Crippen MR) is 62.6 cm³/mol. The van der Waals surface area contributed by atoms with Crippen molar-refractivity contribution in [1.82, 2.24) is 5.32 Å². The van der Waals surface area contributed by atoms with Crippen molar-refractivity contribution >= 4 is 0 Å². The van der Waals surface area contributed by atoms with Crippen LogP contribution >= 0.6 is 0 Å². The molecule has 0 spiro atoms. The molecule has 1 aromatic carbocycles. The van der Waals surface area contributed by atoms with Crippen LogP contribution in [0.25, 0.3) is 0 Å². The van der Waals surface area contributed by atoms with Gasteiger partial charge in [-0.15, -0.1) is 0 Å². The molecule has 1 aliphatic heterocycles. The van der Waals surface area contributed by atoms with Gasteiger partial charge >= 0.3 is 0 Å². The van der Waals surface area contributed by atoms with Gasteiger partial charge in [0.05, 0.1) is 7.11 Å². The average Bonchev–Trinajstić information content (AvgIpc) is 2.29. The van der Waals surface area contributed by atoms with E-state index < -0.39 is 0 Å². The maximum atomic E-state index is 5.31. The molecule has 1 aromatic rings. The Balaban J connectivity index is 2.22. The van der Waals surface area contributed by atoms with Gasteiger partial charge in [0.15, 0.2) is 0 Å². The van der Waals surface area contributed by atoms with Crippen molar-refractivity contribution in [2.24, 2.45) is 0 Å². The van der Waals surface area contributed by atoms with Crippen molar-refractivity contribution in [3.8, 4) is 5.75 Å². The van der Waals surface area contributed by atoms with Crippen LogP contribution in [-0.2, 0) is 0 Å². The van der Waals surface area contributed by atoms with Crippen LogP contribution in [0.2, 0.25) is 0 Å². The second-order valence-electron chi connectivity index (χ2n) is 4.33. The van der Waals surface area contributed by atoms with E-state index in [9.17, 15) is 0 Å². The first-order valence-corrected chi connectivity index (χ1v) is 5.66. The van der Waals surface area contributed by atoms with Crippen molar-refractivity contribution in [1.29, 1.82) is 0 Å². The van der Waals surface area contributed by atoms with E-state index in [0.29, 0.717) is 5.92 Å². The highest BCUT2D eigenvalue weighted by Gasteiger charge is 2.15. The van der Waals surface area contributed by atoms with E-state index in [1.54, 1.807) is 7.11 Å². The molecule has 15 heavy (non-hydrogen) atoms. The van der Waals surface area contributed by atoms with Gasteiger partial charge in [-0.25, -0.2) is 0 Å². The fraction of sp³-hybridized carbons (Fsp3) is 0.538. The minimum atomic E-state index is 0.660. The van der Waals surface area contributed by atoms with Crippen LogP contribution in [0.5, 0.6) is 5.75 Å². The third kappa shape index (κ3) is 2.51. The summed E-state index contributed by atoms with van der Waals surface area (Å²) in [5.74, 6) is 1.64. The fourth-order valence-electron chi connectivity index (χ4n) is 2.27. The number of hydrogen-bond acceptors (Lipinski definition) is 2. The Morgan fingerprint density at radius 1 is 1.33 bits per heavy atom. The molecule has 1 aliphatic rings. The zero-order valence-electron chi connectivity index (χ0n) is 9.55. The van der Waals surface area contributed by atoms with Gasteiger partial charge in [-0.2, -0.15) is 0 Å². The molecule has 0 radical (unpaired) electrons. The second kappa shape index (κ2) is 4.67. The highest BCUT2D eigenvalue weighted by molar-refractivity contribution is 5.36. The lowest BCUT2D eigenvalue weighted by molar-refractivity contribution is 0.411. The number of rotatable bonds is 2. The fourth-order valence-corrected chi connectivity index (χ4v) is 2.27. The van der Waals surface area contributed by atoms with Crippen LogP contribution in [-0.4, -0.2) is 20.2 Å². The lowest BCUT2D eigenvalue weighted by atomic mass is 9.90. The monoisotopic (exact) mass is 205 g/mol. The van der Waals surface area contributed by atoms with Gasteiger partial charge in [0.1, 0.15) is 5.75 Å². The Morgan fingerprint density at radius 2 is 2.20 bits per heavy atom. The Kier molecular flexibility index (Phi) is 3.27. The summed E-state index contributed by atoms with van der Waals surface area (Å²) in [6, 6.07) is 6.53. The van der Waals surface area contributed by atoms with E-state index in [4.69, 9.17) is 4.74 Å². The standard InChI is InChI=1S/C13H19NO/c1-10-6-12(8-13(7-10)15-2)11-4-3-5-14-9-11/h6-8,11,14H,3-5,9H2,1-2H3. The number of piperidine rings is 1. The quantitative estimate of drug-likeness (QED) is 0.801. The van der Waals surface area contributed by atoms with Gasteiger partial charge in [-0.1, -0.05) is 6.07 Å². The van der Waals surface area contributed by atoms with Crippen LogP contribution in [0.1, 0.15) is 29.9 Å². The Morgan fingerprint density at radius 3 is 2.87 bits per heavy atom. The summed E-state index contributed by atoms with van der Waals surface area (Å²) in [4.78, 5) is 0. The van der Waals surface area contributed by atoms with E-state index in [1.165, 1.54) is 30.5 Å². The third-order valence-corrected chi connectivity index (χ3v) is 3.08. The molecule has 1 unspecified atom stereocenters. The van der Waals surface area contributed by atoms with Crippen LogP contribution in [0.3, 0.4) is 0 Å². The zero-order chi connectivity index (χ0) is 10.7. The van der Waals surface area contributed by atoms with Gasteiger partial charge in [-0.05, 0) is 55.5 Å². The molecule has 0 aromatic heterocycles. The lowest BCUT2D eigenvalue weighted by Crippen LogP contribution is -2.28. The molecule has 2 heteroatoms. The Hall–Kier alpha value is -1.02. The van der Waals surface area contributed by atoms with Gasteiger partial charge in [0.2, 0.25) is 0 Å². The van der Waals surface area contributed by atoms with E-state index in [0.717, 1.165) is 12.3 Å². The topological polar surface area (TPSA) is 21.3 Å². The second-order valence-corrected chi connectivity index (χ2v) is 4.33. The molecule has 1 saturated heterocycles. The molecular weight excluding hydrogens is 186 g/mol. The van der Waals surface area contributed by atoms with Crippen LogP contribution in [0.15, 0.2) is 18.2 Å². The first-order chi connectivity index (χ1) is 7.29. The maximum absolute atomic E-state index is 5.31. The molecule has 1 atom stereocenters. The molecule has 1 fully saturated rings. The summed E-state index contributed by atoms with van der Waals surface area (Å²) in [7, 11) is 1.73. The number of hydrogen-bond donors (Lipinski definition) is 1. The number of aryl methyl sites for hydroxylation is 1. The van der Waals surface area contributed by atoms with Crippen molar-refractivity contribution in [3.63, 3.8) is 0 Å². The highest BCUT2D eigenvalue weighted by Crippen LogP contribution is 2.27. The molecular formula is C13H19NO. The van der Waals surface area contributed by atoms with Gasteiger partial charge in [0.25, 0.3) is 0 Å². The summed E-state index contributed by atoms with van der Waals surface area (Å²) in [5.41, 5.74) is 2.70. The number of methoxy groups -OCH3 is 1. The van der Waals surface area contributed by atoms with Gasteiger partial charge < -0.3 is 10.1 Å². The molecule has 0 bridgehead atoms. The summed E-state index contributed by atoms with van der Waals surface area (Å²) >= 11 is 0. The maximum Gasteiger partial charge on any atom is 0.119 e. The van der Waals surface area contributed by atoms with Crippen molar-refractivity contribution in [2.75, 3.05) is 20.2 Å². The minimum Gasteiger partial charge on any atom is -0.497 e. The summed E-state index contributed by atoms with van der Waals surface area (Å²) < 4.78 is 5.31. The Bertz CT molecular complexity index is 329. The highest BCUT2D eigenvalue weighted by atomic mass is 16.5. The molecule has 1 heterocycles. The third-order valence-electron chi connectivity index (χ3n) is 3.08. The molecule has 0 amide bonds.